The number of para-hydroxylation sites is 1. The second-order valence-corrected chi connectivity index (χ2v) is 7.27. The molecular weight excluding hydrogens is 398 g/mol. The molecular formula is C19H16BrN3O3. The fourth-order valence-corrected chi connectivity index (χ4v) is 4.01. The molecule has 2 aromatic rings. The number of halogens is 1. The molecule has 6 nitrogen and oxygen atoms in total. The second kappa shape index (κ2) is 6.25. The average molecular weight is 414 g/mol. The first kappa shape index (κ1) is 16.8. The molecule has 1 spiro atoms. The molecule has 0 radical (unpaired) electrons. The summed E-state index contributed by atoms with van der Waals surface area (Å²) < 4.78 is 0.728. The highest BCUT2D eigenvalue weighted by molar-refractivity contribution is 9.10. The molecule has 2 aromatic carbocycles. The number of nitrogens with one attached hydrogen (secondary N) is 2. The van der Waals surface area contributed by atoms with Crippen LogP contribution in [0.25, 0.3) is 0 Å². The van der Waals surface area contributed by atoms with Gasteiger partial charge in [0.25, 0.3) is 5.91 Å². The molecule has 2 N–H and O–H groups in total. The van der Waals surface area contributed by atoms with Crippen molar-refractivity contribution in [3.05, 3.63) is 64.1 Å². The number of urea groups is 1. The Morgan fingerprint density at radius 1 is 1.15 bits per heavy atom. The van der Waals surface area contributed by atoms with Gasteiger partial charge in [-0.3, -0.25) is 14.5 Å². The number of amides is 4. The maximum atomic E-state index is 13.0. The quantitative estimate of drug-likeness (QED) is 0.759. The van der Waals surface area contributed by atoms with Crippen molar-refractivity contribution >= 4 is 39.5 Å². The molecule has 0 aromatic heterocycles. The summed E-state index contributed by atoms with van der Waals surface area (Å²) in [6.07, 6.45) is 1.23. The van der Waals surface area contributed by atoms with Gasteiger partial charge in [-0.15, -0.1) is 0 Å². The van der Waals surface area contributed by atoms with E-state index < -0.39 is 17.5 Å². The van der Waals surface area contributed by atoms with Gasteiger partial charge < -0.3 is 10.6 Å². The minimum Gasteiger partial charge on any atom is -0.324 e. The number of benzene rings is 2. The van der Waals surface area contributed by atoms with E-state index in [-0.39, 0.29) is 12.5 Å². The Kier molecular flexibility index (Phi) is 4.03. The number of carbonyl (C=O) groups excluding carboxylic acids is 3. The Labute approximate surface area is 158 Å². The van der Waals surface area contributed by atoms with E-state index in [2.05, 4.69) is 26.6 Å². The molecule has 2 aliphatic rings. The highest BCUT2D eigenvalue weighted by Crippen LogP contribution is 2.41. The molecule has 4 amide bonds. The Balaban J connectivity index is 1.54. The normalized spacial score (nSPS) is 21.0. The van der Waals surface area contributed by atoms with Gasteiger partial charge in [0.05, 0.1) is 5.69 Å². The van der Waals surface area contributed by atoms with Crippen LogP contribution >= 0.6 is 15.9 Å². The minimum atomic E-state index is -1.04. The number of imide groups is 1. The fourth-order valence-electron chi connectivity index (χ4n) is 3.63. The third-order valence-corrected chi connectivity index (χ3v) is 5.56. The molecule has 1 heterocycles. The molecule has 1 fully saturated rings. The molecule has 1 unspecified atom stereocenters. The van der Waals surface area contributed by atoms with Crippen molar-refractivity contribution in [3.63, 3.8) is 0 Å². The zero-order valence-corrected chi connectivity index (χ0v) is 15.4. The molecule has 1 saturated heterocycles. The first-order valence-corrected chi connectivity index (χ1v) is 9.07. The molecule has 0 saturated carbocycles. The highest BCUT2D eigenvalue weighted by atomic mass is 79.9. The maximum Gasteiger partial charge on any atom is 0.325 e. The predicted molar refractivity (Wildman–Crippen MR) is 99.5 cm³/mol. The fraction of sp³-hybridized carbons (Fsp3) is 0.211. The van der Waals surface area contributed by atoms with Gasteiger partial charge in [-0.1, -0.05) is 36.4 Å². The SMILES string of the molecule is O=C(CN1C(=O)NC2(CCc3ccccc32)C1=O)Nc1ccccc1Br. The van der Waals surface area contributed by atoms with E-state index in [9.17, 15) is 14.4 Å². The van der Waals surface area contributed by atoms with E-state index >= 15 is 0 Å². The number of aryl methyl sites for hydroxylation is 1. The Morgan fingerprint density at radius 2 is 1.88 bits per heavy atom. The van der Waals surface area contributed by atoms with Crippen molar-refractivity contribution < 1.29 is 14.4 Å². The highest BCUT2D eigenvalue weighted by Gasteiger charge is 2.55. The zero-order chi connectivity index (χ0) is 18.3. The number of fused-ring (bicyclic) bond motifs is 2. The van der Waals surface area contributed by atoms with Crippen LogP contribution in [0.15, 0.2) is 53.0 Å². The largest absolute Gasteiger partial charge is 0.325 e. The van der Waals surface area contributed by atoms with Crippen molar-refractivity contribution in [2.45, 2.75) is 18.4 Å². The summed E-state index contributed by atoms with van der Waals surface area (Å²) in [5.74, 6) is -0.793. The lowest BCUT2D eigenvalue weighted by Gasteiger charge is -2.22. The first-order valence-electron chi connectivity index (χ1n) is 8.28. The number of rotatable bonds is 3. The first-order chi connectivity index (χ1) is 12.5. The van der Waals surface area contributed by atoms with Crippen LogP contribution in [-0.2, 0) is 21.5 Å². The Morgan fingerprint density at radius 3 is 2.69 bits per heavy atom. The van der Waals surface area contributed by atoms with Crippen molar-refractivity contribution in [1.82, 2.24) is 10.2 Å². The van der Waals surface area contributed by atoms with Gasteiger partial charge in [0.2, 0.25) is 5.91 Å². The van der Waals surface area contributed by atoms with Crippen LogP contribution < -0.4 is 10.6 Å². The minimum absolute atomic E-state index is 0.323. The van der Waals surface area contributed by atoms with E-state index in [1.165, 1.54) is 0 Å². The van der Waals surface area contributed by atoms with Crippen molar-refractivity contribution in [2.24, 2.45) is 0 Å². The van der Waals surface area contributed by atoms with Gasteiger partial charge in [0.1, 0.15) is 12.1 Å². The van der Waals surface area contributed by atoms with Crippen molar-refractivity contribution in [1.29, 1.82) is 0 Å². The Hall–Kier alpha value is -2.67. The lowest BCUT2D eigenvalue weighted by Crippen LogP contribution is -2.43. The number of hydrogen-bond acceptors (Lipinski definition) is 3. The van der Waals surface area contributed by atoms with Crippen LogP contribution in [0.1, 0.15) is 17.5 Å². The van der Waals surface area contributed by atoms with Gasteiger partial charge in [-0.05, 0) is 52.0 Å². The van der Waals surface area contributed by atoms with Crippen LogP contribution in [0, 0.1) is 0 Å². The molecule has 4 rings (SSSR count). The van der Waals surface area contributed by atoms with Gasteiger partial charge in [0.15, 0.2) is 0 Å². The summed E-state index contributed by atoms with van der Waals surface area (Å²) in [7, 11) is 0. The Bertz CT molecular complexity index is 930. The van der Waals surface area contributed by atoms with E-state index in [1.54, 1.807) is 18.2 Å². The van der Waals surface area contributed by atoms with Crippen LogP contribution in [-0.4, -0.2) is 29.3 Å². The van der Waals surface area contributed by atoms with Crippen LogP contribution in [0.3, 0.4) is 0 Å². The van der Waals surface area contributed by atoms with Crippen molar-refractivity contribution in [3.8, 4) is 0 Å². The number of carbonyl (C=O) groups is 3. The van der Waals surface area contributed by atoms with Gasteiger partial charge >= 0.3 is 6.03 Å². The molecule has 0 bridgehead atoms. The topological polar surface area (TPSA) is 78.5 Å². The zero-order valence-electron chi connectivity index (χ0n) is 13.8. The summed E-state index contributed by atoms with van der Waals surface area (Å²) >= 11 is 3.35. The van der Waals surface area contributed by atoms with E-state index in [0.717, 1.165) is 26.9 Å². The molecule has 7 heteroatoms. The summed E-state index contributed by atoms with van der Waals surface area (Å²) in [6.45, 7) is -0.323. The summed E-state index contributed by atoms with van der Waals surface area (Å²) in [6, 6.07) is 14.2. The number of hydrogen-bond donors (Lipinski definition) is 2. The van der Waals surface area contributed by atoms with E-state index in [0.29, 0.717) is 12.1 Å². The third kappa shape index (κ3) is 2.59. The summed E-state index contributed by atoms with van der Waals surface area (Å²) in [5.41, 5.74) is 1.43. The van der Waals surface area contributed by atoms with Gasteiger partial charge in [-0.2, -0.15) is 0 Å². The van der Waals surface area contributed by atoms with E-state index in [1.807, 2.05) is 30.3 Å². The van der Waals surface area contributed by atoms with Crippen LogP contribution in [0.5, 0.6) is 0 Å². The second-order valence-electron chi connectivity index (χ2n) is 6.41. The van der Waals surface area contributed by atoms with E-state index in [4.69, 9.17) is 0 Å². The molecule has 1 atom stereocenters. The molecule has 132 valence electrons. The summed E-state index contributed by atoms with van der Waals surface area (Å²) in [5, 5.41) is 5.53. The predicted octanol–water partition coefficient (Wildman–Crippen LogP) is 2.78. The lowest BCUT2D eigenvalue weighted by molar-refractivity contribution is -0.134. The smallest absolute Gasteiger partial charge is 0.324 e. The monoisotopic (exact) mass is 413 g/mol. The number of anilines is 1. The third-order valence-electron chi connectivity index (χ3n) is 4.87. The average Bonchev–Trinajstić information content (AvgIpc) is 3.11. The molecule has 26 heavy (non-hydrogen) atoms. The lowest BCUT2D eigenvalue weighted by atomic mass is 9.92. The standard InChI is InChI=1S/C19H16BrN3O3/c20-14-7-3-4-8-15(14)21-16(24)11-23-17(25)19(22-18(23)26)10-9-12-5-1-2-6-13(12)19/h1-8H,9-11H2,(H,21,24)(H,22,26). The van der Waals surface area contributed by atoms with Crippen LogP contribution in [0.2, 0.25) is 0 Å². The number of nitrogens with zero attached hydrogens (tertiary/aromatic N) is 1. The van der Waals surface area contributed by atoms with Crippen molar-refractivity contribution in [2.75, 3.05) is 11.9 Å². The van der Waals surface area contributed by atoms with Gasteiger partial charge in [0, 0.05) is 4.47 Å². The summed E-state index contributed by atoms with van der Waals surface area (Å²) in [4.78, 5) is 38.8. The van der Waals surface area contributed by atoms with Crippen LogP contribution in [0.4, 0.5) is 10.5 Å². The molecule has 1 aliphatic carbocycles. The molecule has 1 aliphatic heterocycles. The maximum absolute atomic E-state index is 13.0. The van der Waals surface area contributed by atoms with Gasteiger partial charge in [-0.25, -0.2) is 4.79 Å².